The van der Waals surface area contributed by atoms with Crippen LogP contribution in [0.3, 0.4) is 0 Å². The summed E-state index contributed by atoms with van der Waals surface area (Å²) < 4.78 is 10.6. The van der Waals surface area contributed by atoms with Crippen LogP contribution in [0.25, 0.3) is 0 Å². The van der Waals surface area contributed by atoms with Crippen molar-refractivity contribution in [2.75, 3.05) is 13.7 Å². The van der Waals surface area contributed by atoms with Crippen molar-refractivity contribution in [1.29, 1.82) is 0 Å². The highest BCUT2D eigenvalue weighted by Gasteiger charge is 2.16. The third kappa shape index (κ3) is 6.42. The third-order valence-electron chi connectivity index (χ3n) is 3.99. The highest BCUT2D eigenvalue weighted by molar-refractivity contribution is 5.94. The predicted octanol–water partition coefficient (Wildman–Crippen LogP) is 2.10. The summed E-state index contributed by atoms with van der Waals surface area (Å²) in [5, 5.41) is 5.26. The van der Waals surface area contributed by atoms with Gasteiger partial charge in [-0.1, -0.05) is 24.3 Å². The number of methoxy groups -OCH3 is 1. The van der Waals surface area contributed by atoms with Gasteiger partial charge in [-0.25, -0.2) is 0 Å². The van der Waals surface area contributed by atoms with E-state index in [2.05, 4.69) is 10.6 Å². The van der Waals surface area contributed by atoms with E-state index in [1.165, 1.54) is 6.92 Å². The predicted molar refractivity (Wildman–Crippen MR) is 104 cm³/mol. The van der Waals surface area contributed by atoms with Crippen molar-refractivity contribution >= 4 is 17.6 Å². The second kappa shape index (κ2) is 10.1. The maximum absolute atomic E-state index is 12.1. The van der Waals surface area contributed by atoms with Crippen molar-refractivity contribution in [3.8, 4) is 11.5 Å². The van der Waals surface area contributed by atoms with Crippen LogP contribution in [0.5, 0.6) is 11.5 Å². The Hall–Kier alpha value is -3.35. The van der Waals surface area contributed by atoms with Crippen LogP contribution in [-0.4, -0.2) is 37.4 Å². The summed E-state index contributed by atoms with van der Waals surface area (Å²) in [6.07, 6.45) is -0.809. The molecule has 7 nitrogen and oxygen atoms in total. The Morgan fingerprint density at radius 3 is 2.36 bits per heavy atom. The zero-order chi connectivity index (χ0) is 20.5. The summed E-state index contributed by atoms with van der Waals surface area (Å²) in [7, 11) is 1.59. The van der Waals surface area contributed by atoms with Gasteiger partial charge in [0.2, 0.25) is 5.91 Å². The van der Waals surface area contributed by atoms with Crippen LogP contribution < -0.4 is 20.1 Å². The molecular formula is C21H24N2O5. The molecule has 0 bridgehead atoms. The summed E-state index contributed by atoms with van der Waals surface area (Å²) in [6, 6.07) is 13.9. The van der Waals surface area contributed by atoms with E-state index in [0.29, 0.717) is 17.9 Å². The van der Waals surface area contributed by atoms with Gasteiger partial charge >= 0.3 is 0 Å². The molecule has 0 spiro atoms. The van der Waals surface area contributed by atoms with E-state index in [4.69, 9.17) is 9.47 Å². The van der Waals surface area contributed by atoms with E-state index >= 15 is 0 Å². The number of carbonyl (C=O) groups is 3. The summed E-state index contributed by atoms with van der Waals surface area (Å²) in [5.41, 5.74) is 1.42. The molecule has 28 heavy (non-hydrogen) atoms. The topological polar surface area (TPSA) is 93.7 Å². The largest absolute Gasteiger partial charge is 0.497 e. The average Bonchev–Trinajstić information content (AvgIpc) is 2.70. The fraction of sp³-hybridized carbons (Fsp3) is 0.286. The number of nitrogens with one attached hydrogen (secondary N) is 2. The van der Waals surface area contributed by atoms with Gasteiger partial charge in [-0.05, 0) is 43.7 Å². The molecule has 0 aromatic heterocycles. The average molecular weight is 384 g/mol. The molecule has 0 heterocycles. The second-order valence-electron chi connectivity index (χ2n) is 6.19. The van der Waals surface area contributed by atoms with Crippen LogP contribution in [0.1, 0.15) is 29.8 Å². The van der Waals surface area contributed by atoms with Gasteiger partial charge in [-0.2, -0.15) is 0 Å². The zero-order valence-electron chi connectivity index (χ0n) is 16.2. The highest BCUT2D eigenvalue weighted by atomic mass is 16.5. The first-order chi connectivity index (χ1) is 13.4. The molecule has 2 aromatic carbocycles. The van der Waals surface area contributed by atoms with Crippen LogP contribution in [0.15, 0.2) is 48.5 Å². The minimum atomic E-state index is -0.809. The first-order valence-corrected chi connectivity index (χ1v) is 8.84. The lowest BCUT2D eigenvalue weighted by Gasteiger charge is -2.15. The molecule has 2 amide bonds. The molecule has 0 saturated carbocycles. The van der Waals surface area contributed by atoms with E-state index in [-0.39, 0.29) is 18.2 Å². The van der Waals surface area contributed by atoms with Crippen molar-refractivity contribution in [2.45, 2.75) is 26.5 Å². The van der Waals surface area contributed by atoms with Gasteiger partial charge < -0.3 is 20.1 Å². The Kier molecular flexibility index (Phi) is 7.56. The smallest absolute Gasteiger partial charge is 0.261 e. The first kappa shape index (κ1) is 21.0. The molecule has 1 unspecified atom stereocenters. The van der Waals surface area contributed by atoms with Crippen molar-refractivity contribution in [3.05, 3.63) is 59.7 Å². The van der Waals surface area contributed by atoms with E-state index < -0.39 is 12.0 Å². The summed E-state index contributed by atoms with van der Waals surface area (Å²) in [4.78, 5) is 35.4. The number of ketones is 1. The van der Waals surface area contributed by atoms with Gasteiger partial charge in [0.05, 0.1) is 13.7 Å². The molecule has 2 aromatic rings. The Morgan fingerprint density at radius 2 is 1.71 bits per heavy atom. The van der Waals surface area contributed by atoms with Crippen LogP contribution in [0.4, 0.5) is 0 Å². The van der Waals surface area contributed by atoms with E-state index in [1.54, 1.807) is 38.3 Å². The number of hydrogen-bond donors (Lipinski definition) is 2. The Labute approximate surface area is 164 Å². The number of rotatable bonds is 9. The SMILES string of the molecule is COc1ccc(CNC(=O)CNC(=O)C(C)Oc2cccc(C(C)=O)c2)cc1. The van der Waals surface area contributed by atoms with Crippen LogP contribution >= 0.6 is 0 Å². The molecule has 0 saturated heterocycles. The molecule has 148 valence electrons. The molecule has 2 rings (SSSR count). The number of benzene rings is 2. The maximum atomic E-state index is 12.1. The Morgan fingerprint density at radius 1 is 1.00 bits per heavy atom. The van der Waals surface area contributed by atoms with E-state index in [0.717, 1.165) is 11.3 Å². The van der Waals surface area contributed by atoms with Crippen molar-refractivity contribution in [2.24, 2.45) is 0 Å². The minimum absolute atomic E-state index is 0.0870. The monoisotopic (exact) mass is 384 g/mol. The molecule has 1 atom stereocenters. The normalized spacial score (nSPS) is 11.2. The van der Waals surface area contributed by atoms with Crippen LogP contribution in [-0.2, 0) is 16.1 Å². The summed E-state index contributed by atoms with van der Waals surface area (Å²) >= 11 is 0. The highest BCUT2D eigenvalue weighted by Crippen LogP contribution is 2.15. The molecule has 7 heteroatoms. The van der Waals surface area contributed by atoms with Gasteiger partial charge in [0.1, 0.15) is 11.5 Å². The van der Waals surface area contributed by atoms with Gasteiger partial charge in [0.15, 0.2) is 11.9 Å². The third-order valence-corrected chi connectivity index (χ3v) is 3.99. The lowest BCUT2D eigenvalue weighted by Crippen LogP contribution is -2.42. The van der Waals surface area contributed by atoms with Gasteiger partial charge in [0, 0.05) is 12.1 Å². The van der Waals surface area contributed by atoms with Gasteiger partial charge in [0.25, 0.3) is 5.91 Å². The van der Waals surface area contributed by atoms with Gasteiger partial charge in [-0.3, -0.25) is 14.4 Å². The number of Topliss-reactive ketones (excluding diaryl/α,β-unsaturated/α-hetero) is 1. The molecule has 0 fully saturated rings. The quantitative estimate of drug-likeness (QED) is 0.646. The zero-order valence-corrected chi connectivity index (χ0v) is 16.2. The van der Waals surface area contributed by atoms with Gasteiger partial charge in [-0.15, -0.1) is 0 Å². The fourth-order valence-corrected chi connectivity index (χ4v) is 2.36. The summed E-state index contributed by atoms with van der Waals surface area (Å²) in [6.45, 7) is 3.23. The molecule has 0 aliphatic heterocycles. The van der Waals surface area contributed by atoms with Crippen LogP contribution in [0.2, 0.25) is 0 Å². The molecular weight excluding hydrogens is 360 g/mol. The Bertz CT molecular complexity index is 833. The standard InChI is InChI=1S/C21H24N2O5/c1-14(24)17-5-4-6-19(11-17)28-15(2)21(26)23-13-20(25)22-12-16-7-9-18(27-3)10-8-16/h4-11,15H,12-13H2,1-3H3,(H,22,25)(H,23,26). The second-order valence-corrected chi connectivity index (χ2v) is 6.19. The van der Waals surface area contributed by atoms with Crippen molar-refractivity contribution in [3.63, 3.8) is 0 Å². The van der Waals surface area contributed by atoms with E-state index in [1.807, 2.05) is 24.3 Å². The van der Waals surface area contributed by atoms with Crippen molar-refractivity contribution < 1.29 is 23.9 Å². The minimum Gasteiger partial charge on any atom is -0.497 e. The maximum Gasteiger partial charge on any atom is 0.261 e. The molecule has 0 radical (unpaired) electrons. The lowest BCUT2D eigenvalue weighted by molar-refractivity contribution is -0.130. The molecule has 2 N–H and O–H groups in total. The molecule has 0 aliphatic carbocycles. The van der Waals surface area contributed by atoms with Crippen LogP contribution in [0, 0.1) is 0 Å². The molecule has 0 aliphatic rings. The summed E-state index contributed by atoms with van der Waals surface area (Å²) in [5.74, 6) is 0.336. The lowest BCUT2D eigenvalue weighted by atomic mass is 10.1. The van der Waals surface area contributed by atoms with Crippen molar-refractivity contribution in [1.82, 2.24) is 10.6 Å². The number of carbonyl (C=O) groups excluding carboxylic acids is 3. The number of ether oxygens (including phenoxy) is 2. The van der Waals surface area contributed by atoms with E-state index in [9.17, 15) is 14.4 Å². The number of hydrogen-bond acceptors (Lipinski definition) is 5. The fourth-order valence-electron chi connectivity index (χ4n) is 2.36. The first-order valence-electron chi connectivity index (χ1n) is 8.84. The number of amides is 2. The Balaban J connectivity index is 1.76.